The van der Waals surface area contributed by atoms with Crippen molar-refractivity contribution in [3.8, 4) is 16.9 Å². The van der Waals surface area contributed by atoms with Crippen molar-refractivity contribution in [3.63, 3.8) is 0 Å². The van der Waals surface area contributed by atoms with E-state index in [2.05, 4.69) is 5.32 Å². The van der Waals surface area contributed by atoms with Crippen LogP contribution in [0.3, 0.4) is 0 Å². The van der Waals surface area contributed by atoms with E-state index in [0.717, 1.165) is 11.1 Å². The monoisotopic (exact) mass is 443 g/mol. The molecule has 6 heteroatoms. The maximum atomic E-state index is 13.4. The fraction of sp³-hybridized carbons (Fsp3) is 0.0385. The molecule has 32 heavy (non-hydrogen) atoms. The molecule has 0 fully saturated rings. The van der Waals surface area contributed by atoms with Gasteiger partial charge in [-0.15, -0.1) is 0 Å². The Morgan fingerprint density at radius 2 is 1.31 bits per heavy atom. The highest BCUT2D eigenvalue weighted by Gasteiger charge is 2.22. The van der Waals surface area contributed by atoms with Crippen molar-refractivity contribution in [2.45, 2.75) is 16.7 Å². The van der Waals surface area contributed by atoms with Crippen molar-refractivity contribution in [2.75, 3.05) is 5.32 Å². The maximum Gasteiger partial charge on any atom is 0.417 e. The summed E-state index contributed by atoms with van der Waals surface area (Å²) < 4.78 is 32.0. The molecule has 0 aromatic heterocycles. The van der Waals surface area contributed by atoms with E-state index in [1.165, 1.54) is 24.3 Å². The molecule has 0 unspecified atom stereocenters. The number of aryl methyl sites for hydroxylation is 1. The van der Waals surface area contributed by atoms with E-state index in [9.17, 15) is 13.2 Å². The predicted octanol–water partition coefficient (Wildman–Crippen LogP) is 6.11. The molecule has 0 radical (unpaired) electrons. The molecule has 0 bridgehead atoms. The first-order valence-corrected chi connectivity index (χ1v) is 11.5. The van der Waals surface area contributed by atoms with Crippen molar-refractivity contribution in [1.82, 2.24) is 0 Å². The quantitative estimate of drug-likeness (QED) is 0.404. The van der Waals surface area contributed by atoms with Crippen molar-refractivity contribution >= 4 is 21.6 Å². The van der Waals surface area contributed by atoms with Crippen LogP contribution in [0.2, 0.25) is 0 Å². The number of hydrogen-bond acceptors (Lipinski definition) is 4. The number of carbonyl (C=O) groups is 1. The molecule has 0 aliphatic carbocycles. The summed E-state index contributed by atoms with van der Waals surface area (Å²) in [6.07, 6.45) is -0.656. The van der Waals surface area contributed by atoms with Gasteiger partial charge in [-0.2, -0.15) is 0 Å². The summed E-state index contributed by atoms with van der Waals surface area (Å²) in [6.45, 7) is 1.95. The zero-order valence-corrected chi connectivity index (χ0v) is 18.2. The molecule has 4 rings (SSSR count). The molecule has 0 saturated heterocycles. The number of carbonyl (C=O) groups excluding carboxylic acids is 1. The van der Waals surface area contributed by atoms with Gasteiger partial charge < -0.3 is 4.74 Å². The minimum atomic E-state index is -3.77. The fourth-order valence-electron chi connectivity index (χ4n) is 3.38. The number of anilines is 1. The van der Waals surface area contributed by atoms with Crippen LogP contribution in [0.25, 0.3) is 11.1 Å². The zero-order valence-electron chi connectivity index (χ0n) is 17.4. The summed E-state index contributed by atoms with van der Waals surface area (Å²) in [4.78, 5) is 12.4. The summed E-state index contributed by atoms with van der Waals surface area (Å²) in [5.74, 6) is 0.414. The first-order valence-electron chi connectivity index (χ1n) is 9.99. The Hall–Kier alpha value is -3.90. The Balaban J connectivity index is 1.58. The van der Waals surface area contributed by atoms with Crippen LogP contribution in [0.4, 0.5) is 10.5 Å². The number of ether oxygens (including phenoxy) is 1. The summed E-state index contributed by atoms with van der Waals surface area (Å²) >= 11 is 0. The molecular weight excluding hydrogens is 422 g/mol. The fourth-order valence-corrected chi connectivity index (χ4v) is 4.86. The SMILES string of the molecule is Cc1ccccc1-c1ccccc1S(=O)(=O)c1ccc(NC(=O)Oc2ccccc2)cc1. The predicted molar refractivity (Wildman–Crippen MR) is 125 cm³/mol. The number of amides is 1. The van der Waals surface area contributed by atoms with Crippen LogP contribution < -0.4 is 10.1 Å². The number of rotatable bonds is 5. The molecule has 4 aromatic carbocycles. The second kappa shape index (κ2) is 9.08. The number of benzene rings is 4. The summed E-state index contributed by atoms with van der Waals surface area (Å²) in [5.41, 5.74) is 2.94. The van der Waals surface area contributed by atoms with E-state index >= 15 is 0 Å². The molecule has 160 valence electrons. The van der Waals surface area contributed by atoms with Crippen LogP contribution in [0, 0.1) is 6.92 Å². The Morgan fingerprint density at radius 3 is 2.00 bits per heavy atom. The number of hydrogen-bond donors (Lipinski definition) is 1. The Bertz CT molecular complexity index is 1350. The molecule has 0 aliphatic rings. The van der Waals surface area contributed by atoms with Gasteiger partial charge in [0.15, 0.2) is 0 Å². The first-order chi connectivity index (χ1) is 15.4. The van der Waals surface area contributed by atoms with Gasteiger partial charge in [0.1, 0.15) is 5.75 Å². The van der Waals surface area contributed by atoms with Crippen LogP contribution in [0.5, 0.6) is 5.75 Å². The highest BCUT2D eigenvalue weighted by molar-refractivity contribution is 7.91. The molecule has 1 amide bonds. The average Bonchev–Trinajstić information content (AvgIpc) is 2.80. The normalized spacial score (nSPS) is 11.0. The lowest BCUT2D eigenvalue weighted by Crippen LogP contribution is -2.16. The molecule has 5 nitrogen and oxygen atoms in total. The van der Waals surface area contributed by atoms with Gasteiger partial charge in [0, 0.05) is 11.3 Å². The zero-order chi connectivity index (χ0) is 22.6. The summed E-state index contributed by atoms with van der Waals surface area (Å²) in [7, 11) is -3.77. The number of nitrogens with one attached hydrogen (secondary N) is 1. The molecule has 0 aliphatic heterocycles. The molecular formula is C26H21NO4S. The van der Waals surface area contributed by atoms with Gasteiger partial charge in [0.25, 0.3) is 0 Å². The maximum absolute atomic E-state index is 13.4. The summed E-state index contributed by atoms with van der Waals surface area (Å²) in [5, 5.41) is 2.60. The van der Waals surface area contributed by atoms with Gasteiger partial charge in [-0.25, -0.2) is 13.2 Å². The highest BCUT2D eigenvalue weighted by Crippen LogP contribution is 2.33. The van der Waals surface area contributed by atoms with Gasteiger partial charge in [-0.1, -0.05) is 60.7 Å². The topological polar surface area (TPSA) is 72.5 Å². The Labute approximate surface area is 187 Å². The molecule has 4 aromatic rings. The van der Waals surface area contributed by atoms with Crippen LogP contribution in [-0.2, 0) is 9.84 Å². The first kappa shape index (κ1) is 21.3. The van der Waals surface area contributed by atoms with E-state index in [4.69, 9.17) is 4.74 Å². The van der Waals surface area contributed by atoms with Crippen molar-refractivity contribution in [2.24, 2.45) is 0 Å². The van der Waals surface area contributed by atoms with Gasteiger partial charge in [-0.05, 0) is 60.5 Å². The highest BCUT2D eigenvalue weighted by atomic mass is 32.2. The van der Waals surface area contributed by atoms with E-state index in [1.807, 2.05) is 49.4 Å². The number of sulfone groups is 1. The third kappa shape index (κ3) is 4.55. The van der Waals surface area contributed by atoms with Gasteiger partial charge in [0.05, 0.1) is 9.79 Å². The Morgan fingerprint density at radius 1 is 0.719 bits per heavy atom. The van der Waals surface area contributed by atoms with Gasteiger partial charge >= 0.3 is 6.09 Å². The third-order valence-electron chi connectivity index (χ3n) is 4.98. The third-order valence-corrected chi connectivity index (χ3v) is 6.80. The van der Waals surface area contributed by atoms with E-state index in [1.54, 1.807) is 36.4 Å². The standard InChI is InChI=1S/C26H21NO4S/c1-19-9-5-6-12-23(19)24-13-7-8-14-25(24)32(29,30)22-17-15-20(16-18-22)27-26(28)31-21-10-3-2-4-11-21/h2-18H,1H3,(H,27,28). The molecule has 0 saturated carbocycles. The molecule has 0 spiro atoms. The van der Waals surface area contributed by atoms with Gasteiger partial charge in [-0.3, -0.25) is 5.32 Å². The largest absolute Gasteiger partial charge is 0.417 e. The van der Waals surface area contributed by atoms with E-state index in [0.29, 0.717) is 17.0 Å². The van der Waals surface area contributed by atoms with Gasteiger partial charge in [0.2, 0.25) is 9.84 Å². The lowest BCUT2D eigenvalue weighted by atomic mass is 10.0. The second-order valence-corrected chi connectivity index (χ2v) is 9.08. The lowest BCUT2D eigenvalue weighted by Gasteiger charge is -2.13. The molecule has 0 heterocycles. The van der Waals surface area contributed by atoms with Crippen LogP contribution in [0.15, 0.2) is 113 Å². The minimum Gasteiger partial charge on any atom is -0.410 e. The van der Waals surface area contributed by atoms with Crippen LogP contribution >= 0.6 is 0 Å². The number of para-hydroxylation sites is 1. The molecule has 1 N–H and O–H groups in total. The molecule has 0 atom stereocenters. The van der Waals surface area contributed by atoms with E-state index in [-0.39, 0.29) is 9.79 Å². The Kier molecular flexibility index (Phi) is 6.05. The smallest absolute Gasteiger partial charge is 0.410 e. The minimum absolute atomic E-state index is 0.139. The van der Waals surface area contributed by atoms with Crippen molar-refractivity contribution in [3.05, 3.63) is 109 Å². The average molecular weight is 444 g/mol. The van der Waals surface area contributed by atoms with Crippen molar-refractivity contribution < 1.29 is 17.9 Å². The summed E-state index contributed by atoms with van der Waals surface area (Å²) in [6, 6.07) is 29.3. The van der Waals surface area contributed by atoms with Crippen molar-refractivity contribution in [1.29, 1.82) is 0 Å². The van der Waals surface area contributed by atoms with E-state index < -0.39 is 15.9 Å². The second-order valence-electron chi connectivity index (χ2n) is 7.17. The van der Waals surface area contributed by atoms with Crippen LogP contribution in [-0.4, -0.2) is 14.5 Å². The van der Waals surface area contributed by atoms with Crippen LogP contribution in [0.1, 0.15) is 5.56 Å². The lowest BCUT2D eigenvalue weighted by molar-refractivity contribution is 0.215.